The number of pyridine rings is 1. The van der Waals surface area contributed by atoms with Crippen molar-refractivity contribution >= 4 is 29.5 Å². The van der Waals surface area contributed by atoms with Crippen LogP contribution in [-0.2, 0) is 22.1 Å². The molecule has 0 saturated carbocycles. The molecular formula is C16H17BrNO6P. The van der Waals surface area contributed by atoms with Crippen molar-refractivity contribution in [3.8, 4) is 5.75 Å². The summed E-state index contributed by atoms with van der Waals surface area (Å²) in [6.07, 6.45) is 1.70. The molecule has 0 fully saturated rings. The summed E-state index contributed by atoms with van der Waals surface area (Å²) in [5.74, 6) is -0.210. The van der Waals surface area contributed by atoms with Crippen LogP contribution in [0.4, 0.5) is 0 Å². The van der Waals surface area contributed by atoms with E-state index < -0.39 is 14.4 Å². The number of phosphoric ester groups is 1. The fraction of sp³-hybridized carbons (Fsp3) is 0.250. The van der Waals surface area contributed by atoms with Crippen LogP contribution in [0.2, 0.25) is 0 Å². The number of aryl methyl sites for hydroxylation is 1. The molecule has 0 spiro atoms. The standard InChI is InChI=1S/C16H17BrNO6P/c1-10-16(20)14(12(8-18-10)9-24-25(21,22)23)6-7-15(19)11-2-4-13(17)5-3-11/h2-5,8,20H,6-7,9H2,1H3,(H2,21,22,23). The van der Waals surface area contributed by atoms with E-state index in [-0.39, 0.29) is 24.4 Å². The Labute approximate surface area is 153 Å². The number of phosphoric acid groups is 1. The second-order valence-corrected chi connectivity index (χ2v) is 7.55. The minimum Gasteiger partial charge on any atom is -0.506 e. The number of carbonyl (C=O) groups is 1. The molecule has 0 atom stereocenters. The van der Waals surface area contributed by atoms with Gasteiger partial charge in [0.15, 0.2) is 5.78 Å². The summed E-state index contributed by atoms with van der Waals surface area (Å²) in [4.78, 5) is 33.9. The van der Waals surface area contributed by atoms with Crippen LogP contribution in [0.25, 0.3) is 0 Å². The minimum atomic E-state index is -4.65. The van der Waals surface area contributed by atoms with Crippen molar-refractivity contribution in [2.45, 2.75) is 26.4 Å². The van der Waals surface area contributed by atoms with Crippen LogP contribution in [0.15, 0.2) is 34.9 Å². The molecule has 0 radical (unpaired) electrons. The van der Waals surface area contributed by atoms with Crippen molar-refractivity contribution in [3.05, 3.63) is 57.3 Å². The Kier molecular flexibility index (Phi) is 6.48. The Morgan fingerprint density at radius 1 is 1.28 bits per heavy atom. The van der Waals surface area contributed by atoms with E-state index in [1.54, 1.807) is 31.2 Å². The zero-order chi connectivity index (χ0) is 18.6. The van der Waals surface area contributed by atoms with Crippen LogP contribution in [0.3, 0.4) is 0 Å². The van der Waals surface area contributed by atoms with Crippen molar-refractivity contribution in [2.24, 2.45) is 0 Å². The van der Waals surface area contributed by atoms with Crippen molar-refractivity contribution in [1.82, 2.24) is 4.98 Å². The number of hydrogen-bond donors (Lipinski definition) is 3. The van der Waals surface area contributed by atoms with Crippen LogP contribution in [-0.4, -0.2) is 25.7 Å². The number of aromatic hydroxyl groups is 1. The van der Waals surface area contributed by atoms with E-state index >= 15 is 0 Å². The Hall–Kier alpha value is -1.57. The average molecular weight is 430 g/mol. The van der Waals surface area contributed by atoms with Gasteiger partial charge in [-0.3, -0.25) is 14.3 Å². The molecule has 0 aliphatic rings. The highest BCUT2D eigenvalue weighted by molar-refractivity contribution is 9.10. The number of Topliss-reactive ketones (excluding diaryl/α,β-unsaturated/α-hetero) is 1. The molecule has 134 valence electrons. The fourth-order valence-corrected chi connectivity index (χ4v) is 2.83. The van der Waals surface area contributed by atoms with E-state index in [0.717, 1.165) is 4.47 Å². The van der Waals surface area contributed by atoms with E-state index in [1.807, 2.05) is 0 Å². The summed E-state index contributed by atoms with van der Waals surface area (Å²) < 4.78 is 16.2. The van der Waals surface area contributed by atoms with Gasteiger partial charge in [-0.05, 0) is 25.5 Å². The van der Waals surface area contributed by atoms with Crippen LogP contribution in [0.1, 0.15) is 33.6 Å². The third kappa shape index (κ3) is 5.73. The predicted octanol–water partition coefficient (Wildman–Crippen LogP) is 3.28. The largest absolute Gasteiger partial charge is 0.506 e. The highest BCUT2D eigenvalue weighted by atomic mass is 79.9. The average Bonchev–Trinajstić information content (AvgIpc) is 2.54. The topological polar surface area (TPSA) is 117 Å². The number of carbonyl (C=O) groups excluding carboxylic acids is 1. The van der Waals surface area contributed by atoms with E-state index in [1.165, 1.54) is 6.20 Å². The van der Waals surface area contributed by atoms with Gasteiger partial charge in [-0.15, -0.1) is 0 Å². The van der Waals surface area contributed by atoms with Crippen molar-refractivity contribution in [1.29, 1.82) is 0 Å². The molecule has 9 heteroatoms. The summed E-state index contributed by atoms with van der Waals surface area (Å²) in [5, 5.41) is 10.2. The molecule has 0 saturated heterocycles. The monoisotopic (exact) mass is 429 g/mol. The van der Waals surface area contributed by atoms with Gasteiger partial charge in [0.1, 0.15) is 5.75 Å². The highest BCUT2D eigenvalue weighted by Gasteiger charge is 2.19. The summed E-state index contributed by atoms with van der Waals surface area (Å²) in [5.41, 5.74) is 1.63. The van der Waals surface area contributed by atoms with Crippen LogP contribution in [0, 0.1) is 6.92 Å². The number of aromatic nitrogens is 1. The van der Waals surface area contributed by atoms with Gasteiger partial charge >= 0.3 is 7.82 Å². The molecule has 0 unspecified atom stereocenters. The fourth-order valence-electron chi connectivity index (χ4n) is 2.26. The lowest BCUT2D eigenvalue weighted by molar-refractivity contribution is 0.0982. The van der Waals surface area contributed by atoms with Gasteiger partial charge in [-0.25, -0.2) is 4.57 Å². The van der Waals surface area contributed by atoms with E-state index in [2.05, 4.69) is 25.4 Å². The Balaban J connectivity index is 2.16. The molecule has 0 aliphatic carbocycles. The molecule has 3 N–H and O–H groups in total. The molecule has 1 heterocycles. The summed E-state index contributed by atoms with van der Waals surface area (Å²) in [6.45, 7) is 1.19. The number of halogens is 1. The van der Waals surface area contributed by atoms with Gasteiger partial charge in [0.05, 0.1) is 12.3 Å². The molecule has 7 nitrogen and oxygen atoms in total. The first-order chi connectivity index (χ1) is 11.7. The summed E-state index contributed by atoms with van der Waals surface area (Å²) in [7, 11) is -4.65. The third-order valence-electron chi connectivity index (χ3n) is 3.59. The van der Waals surface area contributed by atoms with Crippen LogP contribution in [0.5, 0.6) is 5.75 Å². The maximum Gasteiger partial charge on any atom is 0.469 e. The number of ketones is 1. The Bertz CT molecular complexity index is 818. The van der Waals surface area contributed by atoms with E-state index in [9.17, 15) is 14.5 Å². The molecule has 0 amide bonds. The van der Waals surface area contributed by atoms with Crippen LogP contribution >= 0.6 is 23.8 Å². The van der Waals surface area contributed by atoms with Gasteiger partial charge in [-0.2, -0.15) is 0 Å². The lowest BCUT2D eigenvalue weighted by atomic mass is 9.99. The van der Waals surface area contributed by atoms with Gasteiger partial charge in [0.25, 0.3) is 0 Å². The molecule has 2 rings (SSSR count). The number of nitrogens with zero attached hydrogens (tertiary/aromatic N) is 1. The molecule has 0 bridgehead atoms. The quantitative estimate of drug-likeness (QED) is 0.456. The van der Waals surface area contributed by atoms with E-state index in [0.29, 0.717) is 22.4 Å². The van der Waals surface area contributed by atoms with Crippen molar-refractivity contribution < 1.29 is 28.8 Å². The predicted molar refractivity (Wildman–Crippen MR) is 94.3 cm³/mol. The maximum absolute atomic E-state index is 12.3. The van der Waals surface area contributed by atoms with Gasteiger partial charge in [0.2, 0.25) is 0 Å². The third-order valence-corrected chi connectivity index (χ3v) is 4.58. The first kappa shape index (κ1) is 19.8. The van der Waals surface area contributed by atoms with Crippen molar-refractivity contribution in [3.63, 3.8) is 0 Å². The second kappa shape index (κ2) is 8.21. The Morgan fingerprint density at radius 3 is 2.52 bits per heavy atom. The number of rotatable bonds is 7. The lowest BCUT2D eigenvalue weighted by Gasteiger charge is -2.13. The first-order valence-corrected chi connectivity index (χ1v) is 9.65. The zero-order valence-electron chi connectivity index (χ0n) is 13.3. The van der Waals surface area contributed by atoms with Gasteiger partial charge < -0.3 is 14.9 Å². The molecule has 1 aromatic carbocycles. The molecular weight excluding hydrogens is 413 g/mol. The normalized spacial score (nSPS) is 11.5. The highest BCUT2D eigenvalue weighted by Crippen LogP contribution is 2.38. The zero-order valence-corrected chi connectivity index (χ0v) is 15.8. The van der Waals surface area contributed by atoms with E-state index in [4.69, 9.17) is 9.79 Å². The molecule has 0 aliphatic heterocycles. The number of benzene rings is 1. The number of hydrogen-bond acceptors (Lipinski definition) is 5. The van der Waals surface area contributed by atoms with Crippen molar-refractivity contribution in [2.75, 3.05) is 0 Å². The maximum atomic E-state index is 12.3. The van der Waals surface area contributed by atoms with Gasteiger partial charge in [-0.1, -0.05) is 28.1 Å². The smallest absolute Gasteiger partial charge is 0.469 e. The lowest BCUT2D eigenvalue weighted by Crippen LogP contribution is -2.05. The Morgan fingerprint density at radius 2 is 1.92 bits per heavy atom. The van der Waals surface area contributed by atoms with Crippen LogP contribution < -0.4 is 0 Å². The first-order valence-electron chi connectivity index (χ1n) is 7.32. The molecule has 2 aromatic rings. The van der Waals surface area contributed by atoms with Gasteiger partial charge in [0, 0.05) is 33.8 Å². The minimum absolute atomic E-state index is 0.101. The molecule has 25 heavy (non-hydrogen) atoms. The second-order valence-electron chi connectivity index (χ2n) is 5.39. The summed E-state index contributed by atoms with van der Waals surface area (Å²) >= 11 is 3.30. The molecule has 1 aromatic heterocycles. The summed E-state index contributed by atoms with van der Waals surface area (Å²) in [6, 6.07) is 6.92. The SMILES string of the molecule is Cc1ncc(COP(=O)(O)O)c(CCC(=O)c2ccc(Br)cc2)c1O.